The molecule has 0 aliphatic rings. The molecule has 0 radical (unpaired) electrons. The van der Waals surface area contributed by atoms with E-state index in [4.69, 9.17) is 5.73 Å². The summed E-state index contributed by atoms with van der Waals surface area (Å²) < 4.78 is 0. The lowest BCUT2D eigenvalue weighted by atomic mass is 10.0. The molecular formula is C13H18ClN3S. The Morgan fingerprint density at radius 3 is 2.72 bits per heavy atom. The van der Waals surface area contributed by atoms with Crippen molar-refractivity contribution in [3.8, 4) is 0 Å². The van der Waals surface area contributed by atoms with Gasteiger partial charge in [-0.1, -0.05) is 24.3 Å². The standard InChI is InChI=1S/C13H17N3S.ClH/c1-9-5-3-4-6-12(9)10(2)15-7-11-8-16-13(14)17-11;/h3-6,8,10,15H,7H2,1-2H3,(H2,14,16);1H. The topological polar surface area (TPSA) is 50.9 Å². The van der Waals surface area contributed by atoms with Gasteiger partial charge in [-0.15, -0.1) is 23.7 Å². The maximum atomic E-state index is 5.60. The zero-order valence-electron chi connectivity index (χ0n) is 10.5. The van der Waals surface area contributed by atoms with E-state index in [0.29, 0.717) is 11.2 Å². The average Bonchev–Trinajstić information content (AvgIpc) is 2.73. The molecule has 3 nitrogen and oxygen atoms in total. The molecule has 0 amide bonds. The van der Waals surface area contributed by atoms with Crippen LogP contribution in [0, 0.1) is 6.92 Å². The normalized spacial score (nSPS) is 11.9. The number of halogens is 1. The van der Waals surface area contributed by atoms with E-state index in [9.17, 15) is 0 Å². The average molecular weight is 284 g/mol. The molecule has 0 spiro atoms. The zero-order chi connectivity index (χ0) is 12.3. The van der Waals surface area contributed by atoms with Crippen molar-refractivity contribution in [3.05, 3.63) is 46.5 Å². The Balaban J connectivity index is 0.00000162. The number of hydrogen-bond acceptors (Lipinski definition) is 4. The Morgan fingerprint density at radius 2 is 2.11 bits per heavy atom. The molecule has 0 saturated heterocycles. The molecule has 0 aliphatic heterocycles. The maximum Gasteiger partial charge on any atom is 0.180 e. The second-order valence-corrected chi connectivity index (χ2v) is 5.27. The lowest BCUT2D eigenvalue weighted by molar-refractivity contribution is 0.576. The lowest BCUT2D eigenvalue weighted by Gasteiger charge is -2.15. The van der Waals surface area contributed by atoms with Crippen molar-refractivity contribution in [3.63, 3.8) is 0 Å². The van der Waals surface area contributed by atoms with Crippen LogP contribution in [0.1, 0.15) is 29.0 Å². The highest BCUT2D eigenvalue weighted by Crippen LogP contribution is 2.19. The van der Waals surface area contributed by atoms with E-state index in [-0.39, 0.29) is 12.4 Å². The van der Waals surface area contributed by atoms with Gasteiger partial charge in [0.15, 0.2) is 5.13 Å². The van der Waals surface area contributed by atoms with Crippen LogP contribution in [0.15, 0.2) is 30.5 Å². The molecule has 1 aromatic heterocycles. The van der Waals surface area contributed by atoms with Crippen LogP contribution in [0.5, 0.6) is 0 Å². The highest BCUT2D eigenvalue weighted by Gasteiger charge is 2.07. The largest absolute Gasteiger partial charge is 0.375 e. The molecule has 0 aliphatic carbocycles. The van der Waals surface area contributed by atoms with Gasteiger partial charge < -0.3 is 11.1 Å². The SMILES string of the molecule is Cc1ccccc1C(C)NCc1cnc(N)s1.Cl. The van der Waals surface area contributed by atoms with E-state index < -0.39 is 0 Å². The molecule has 0 bridgehead atoms. The first-order valence-corrected chi connectivity index (χ1v) is 6.47. The Bertz CT molecular complexity index is 498. The minimum absolute atomic E-state index is 0. The van der Waals surface area contributed by atoms with Gasteiger partial charge in [-0.2, -0.15) is 0 Å². The molecule has 2 aromatic rings. The first-order chi connectivity index (χ1) is 8.16. The van der Waals surface area contributed by atoms with Crippen LogP contribution in [0.3, 0.4) is 0 Å². The van der Waals surface area contributed by atoms with Crippen molar-refractivity contribution in [1.82, 2.24) is 10.3 Å². The van der Waals surface area contributed by atoms with Crippen molar-refractivity contribution >= 4 is 28.9 Å². The van der Waals surface area contributed by atoms with E-state index in [2.05, 4.69) is 48.4 Å². The molecule has 1 heterocycles. The zero-order valence-corrected chi connectivity index (χ0v) is 12.1. The fourth-order valence-corrected chi connectivity index (χ4v) is 2.48. The smallest absolute Gasteiger partial charge is 0.180 e. The van der Waals surface area contributed by atoms with Crippen LogP contribution in [-0.4, -0.2) is 4.98 Å². The first-order valence-electron chi connectivity index (χ1n) is 5.66. The molecular weight excluding hydrogens is 266 g/mol. The number of aryl methyl sites for hydroxylation is 1. The molecule has 0 fully saturated rings. The van der Waals surface area contributed by atoms with E-state index >= 15 is 0 Å². The van der Waals surface area contributed by atoms with Crippen molar-refractivity contribution < 1.29 is 0 Å². The molecule has 0 saturated carbocycles. The van der Waals surface area contributed by atoms with Crippen LogP contribution >= 0.6 is 23.7 Å². The summed E-state index contributed by atoms with van der Waals surface area (Å²) in [7, 11) is 0. The summed E-state index contributed by atoms with van der Waals surface area (Å²) in [6.07, 6.45) is 1.83. The predicted molar refractivity (Wildman–Crippen MR) is 80.2 cm³/mol. The van der Waals surface area contributed by atoms with E-state index in [0.717, 1.165) is 6.54 Å². The van der Waals surface area contributed by atoms with Gasteiger partial charge in [0.2, 0.25) is 0 Å². The van der Waals surface area contributed by atoms with Gasteiger partial charge >= 0.3 is 0 Å². The summed E-state index contributed by atoms with van der Waals surface area (Å²) in [5, 5.41) is 4.11. The molecule has 18 heavy (non-hydrogen) atoms. The van der Waals surface area contributed by atoms with Crippen LogP contribution in [0.25, 0.3) is 0 Å². The molecule has 98 valence electrons. The predicted octanol–water partition coefficient (Wildman–Crippen LogP) is 3.31. The van der Waals surface area contributed by atoms with Crippen molar-refractivity contribution in [2.45, 2.75) is 26.4 Å². The number of nitrogens with two attached hydrogens (primary N) is 1. The summed E-state index contributed by atoms with van der Waals surface area (Å²) in [6.45, 7) is 5.12. The van der Waals surface area contributed by atoms with Gasteiger partial charge in [-0.25, -0.2) is 4.98 Å². The molecule has 2 rings (SSSR count). The van der Waals surface area contributed by atoms with Crippen LogP contribution in [-0.2, 0) is 6.54 Å². The Labute approximate surface area is 118 Å². The van der Waals surface area contributed by atoms with E-state index in [1.165, 1.54) is 27.3 Å². The third-order valence-electron chi connectivity index (χ3n) is 2.81. The van der Waals surface area contributed by atoms with Crippen LogP contribution in [0.2, 0.25) is 0 Å². The van der Waals surface area contributed by atoms with Gasteiger partial charge in [0.25, 0.3) is 0 Å². The van der Waals surface area contributed by atoms with E-state index in [1.807, 2.05) is 6.20 Å². The highest BCUT2D eigenvalue weighted by atomic mass is 35.5. The summed E-state index contributed by atoms with van der Waals surface area (Å²) in [6, 6.07) is 8.77. The maximum absolute atomic E-state index is 5.60. The van der Waals surface area contributed by atoms with Gasteiger partial charge in [-0.3, -0.25) is 0 Å². The van der Waals surface area contributed by atoms with Crippen LogP contribution in [0.4, 0.5) is 5.13 Å². The fraction of sp³-hybridized carbons (Fsp3) is 0.308. The number of rotatable bonds is 4. The summed E-state index contributed by atoms with van der Waals surface area (Å²) >= 11 is 1.53. The number of nitrogens with zero attached hydrogens (tertiary/aromatic N) is 1. The quantitative estimate of drug-likeness (QED) is 0.905. The summed E-state index contributed by atoms with van der Waals surface area (Å²) in [5.74, 6) is 0. The Kier molecular flexibility index (Phi) is 5.59. The van der Waals surface area contributed by atoms with E-state index in [1.54, 1.807) is 0 Å². The Morgan fingerprint density at radius 1 is 1.39 bits per heavy atom. The number of nitrogens with one attached hydrogen (secondary N) is 1. The first kappa shape index (κ1) is 15.0. The highest BCUT2D eigenvalue weighted by molar-refractivity contribution is 7.15. The van der Waals surface area contributed by atoms with Crippen molar-refractivity contribution in [2.75, 3.05) is 5.73 Å². The minimum Gasteiger partial charge on any atom is -0.375 e. The second kappa shape index (κ2) is 6.73. The molecule has 5 heteroatoms. The third-order valence-corrected chi connectivity index (χ3v) is 3.64. The molecule has 1 aromatic carbocycles. The van der Waals surface area contributed by atoms with Crippen molar-refractivity contribution in [1.29, 1.82) is 0 Å². The molecule has 3 N–H and O–H groups in total. The number of nitrogen functional groups attached to an aromatic ring is 1. The van der Waals surface area contributed by atoms with Crippen LogP contribution < -0.4 is 11.1 Å². The number of aromatic nitrogens is 1. The van der Waals surface area contributed by atoms with Gasteiger partial charge in [-0.05, 0) is 25.0 Å². The lowest BCUT2D eigenvalue weighted by Crippen LogP contribution is -2.18. The number of hydrogen-bond donors (Lipinski definition) is 2. The van der Waals surface area contributed by atoms with Gasteiger partial charge in [0, 0.05) is 23.7 Å². The summed E-state index contributed by atoms with van der Waals surface area (Å²) in [5.41, 5.74) is 8.25. The monoisotopic (exact) mass is 283 g/mol. The number of thiazole rings is 1. The fourth-order valence-electron chi connectivity index (χ4n) is 1.84. The minimum atomic E-state index is 0. The van der Waals surface area contributed by atoms with Gasteiger partial charge in [0.1, 0.15) is 0 Å². The molecule has 1 unspecified atom stereocenters. The Hall–Kier alpha value is -1.10. The number of benzene rings is 1. The molecule has 1 atom stereocenters. The van der Waals surface area contributed by atoms with Gasteiger partial charge in [0.05, 0.1) is 0 Å². The second-order valence-electron chi connectivity index (χ2n) is 4.12. The third kappa shape index (κ3) is 3.70. The van der Waals surface area contributed by atoms with Crippen molar-refractivity contribution in [2.24, 2.45) is 0 Å². The summed E-state index contributed by atoms with van der Waals surface area (Å²) in [4.78, 5) is 5.21. The number of anilines is 1.